The van der Waals surface area contributed by atoms with E-state index >= 15 is 0 Å². The molecule has 3 amide bonds. The van der Waals surface area contributed by atoms with Gasteiger partial charge >= 0.3 is 11.9 Å². The Bertz CT molecular complexity index is 554. The lowest BCUT2D eigenvalue weighted by molar-refractivity contribution is -0.399. The Labute approximate surface area is 112 Å². The number of amides is 3. The molecule has 0 aromatic rings. The van der Waals surface area contributed by atoms with E-state index in [1.807, 2.05) is 0 Å². The number of nitrogens with zero attached hydrogens (tertiary/aromatic N) is 2. The van der Waals surface area contributed by atoms with Crippen LogP contribution in [0.25, 0.3) is 0 Å². The smallest absolute Gasteiger partial charge is 0.245 e. The molecule has 0 bridgehead atoms. The van der Waals surface area contributed by atoms with Gasteiger partial charge in [0.25, 0.3) is 0 Å². The van der Waals surface area contributed by atoms with Gasteiger partial charge < -0.3 is 0 Å². The molecule has 0 aromatic heterocycles. The molecule has 1 N–H and O–H groups in total. The summed E-state index contributed by atoms with van der Waals surface area (Å²) in [5.41, 5.74) is 0. The SMILES string of the molecule is CC1CC1CNS(=O)(=O)C1C=[N+](C)C(=O)N(C)C1=O. The maximum absolute atomic E-state index is 12.1. The first kappa shape index (κ1) is 14.1. The fraction of sp³-hybridized carbons (Fsp3) is 0.727. The number of hydrogen-bond acceptors (Lipinski definition) is 4. The van der Waals surface area contributed by atoms with E-state index in [2.05, 4.69) is 11.6 Å². The van der Waals surface area contributed by atoms with E-state index in [9.17, 15) is 18.0 Å². The largest absolute Gasteiger partial charge is 0.500 e. The van der Waals surface area contributed by atoms with Gasteiger partial charge in [-0.15, -0.1) is 0 Å². The van der Waals surface area contributed by atoms with E-state index in [0.29, 0.717) is 18.4 Å². The van der Waals surface area contributed by atoms with Crippen molar-refractivity contribution >= 4 is 28.2 Å². The molecular formula is C11H18N3O4S+. The lowest BCUT2D eigenvalue weighted by Gasteiger charge is -2.19. The lowest BCUT2D eigenvalue weighted by atomic mass is 10.3. The molecule has 1 aliphatic heterocycles. The van der Waals surface area contributed by atoms with Gasteiger partial charge in [-0.05, 0) is 18.3 Å². The van der Waals surface area contributed by atoms with E-state index < -0.39 is 27.2 Å². The summed E-state index contributed by atoms with van der Waals surface area (Å²) in [6.07, 6.45) is 2.15. The summed E-state index contributed by atoms with van der Waals surface area (Å²) in [7, 11) is -1.09. The van der Waals surface area contributed by atoms with Gasteiger partial charge in [-0.3, -0.25) is 0 Å². The van der Waals surface area contributed by atoms with Gasteiger partial charge in [-0.25, -0.2) is 22.5 Å². The molecule has 8 heteroatoms. The number of carbonyl (C=O) groups excluding carboxylic acids is 2. The average molecular weight is 288 g/mol. The minimum absolute atomic E-state index is 0.350. The highest BCUT2D eigenvalue weighted by atomic mass is 32.2. The number of urea groups is 1. The second-order valence-electron chi connectivity index (χ2n) is 5.23. The zero-order valence-electron chi connectivity index (χ0n) is 11.2. The standard InChI is InChI=1S/C11H18N3O4S/c1-7-4-8(7)5-12-19(17,18)9-6-13(2)11(16)14(3)10(9)15/h6-9,12H,4-5H2,1-3H3/q+1. The third-order valence-corrected chi connectivity index (χ3v) is 5.24. The van der Waals surface area contributed by atoms with Crippen LogP contribution in [0.15, 0.2) is 0 Å². The third kappa shape index (κ3) is 2.69. The van der Waals surface area contributed by atoms with Crippen molar-refractivity contribution in [3.8, 4) is 0 Å². The van der Waals surface area contributed by atoms with Crippen LogP contribution in [0.4, 0.5) is 4.79 Å². The maximum Gasteiger partial charge on any atom is 0.500 e. The van der Waals surface area contributed by atoms with E-state index in [0.717, 1.165) is 22.1 Å². The Morgan fingerprint density at radius 1 is 1.47 bits per heavy atom. The molecule has 3 unspecified atom stereocenters. The Morgan fingerprint density at radius 3 is 2.58 bits per heavy atom. The van der Waals surface area contributed by atoms with Gasteiger partial charge in [0.15, 0.2) is 0 Å². The van der Waals surface area contributed by atoms with Crippen molar-refractivity contribution in [3.05, 3.63) is 0 Å². The Hall–Kier alpha value is -1.28. The second kappa shape index (κ2) is 4.68. The van der Waals surface area contributed by atoms with Gasteiger partial charge in [0.1, 0.15) is 6.21 Å². The topological polar surface area (TPSA) is 86.6 Å². The highest BCUT2D eigenvalue weighted by Crippen LogP contribution is 2.36. The van der Waals surface area contributed by atoms with Crippen molar-refractivity contribution in [1.82, 2.24) is 9.62 Å². The average Bonchev–Trinajstić information content (AvgIpc) is 3.05. The Balaban J connectivity index is 2.15. The third-order valence-electron chi connectivity index (χ3n) is 3.68. The first-order valence-corrected chi connectivity index (χ1v) is 7.66. The minimum Gasteiger partial charge on any atom is -0.245 e. The molecule has 106 valence electrons. The molecule has 1 saturated carbocycles. The van der Waals surface area contributed by atoms with E-state index in [1.54, 1.807) is 0 Å². The molecule has 0 radical (unpaired) electrons. The molecule has 0 aromatic carbocycles. The number of rotatable bonds is 4. The van der Waals surface area contributed by atoms with Crippen molar-refractivity contribution < 1.29 is 22.6 Å². The van der Waals surface area contributed by atoms with Crippen LogP contribution < -0.4 is 4.72 Å². The predicted octanol–water partition coefficient (Wildman–Crippen LogP) is -0.764. The normalized spacial score (nSPS) is 31.4. The number of hydrogen-bond donors (Lipinski definition) is 1. The Morgan fingerprint density at radius 2 is 2.05 bits per heavy atom. The molecule has 1 heterocycles. The van der Waals surface area contributed by atoms with Gasteiger partial charge in [-0.1, -0.05) is 6.92 Å². The van der Waals surface area contributed by atoms with Crippen molar-refractivity contribution in [1.29, 1.82) is 0 Å². The summed E-state index contributed by atoms with van der Waals surface area (Å²) in [6.45, 7) is 2.40. The highest BCUT2D eigenvalue weighted by Gasteiger charge is 2.46. The van der Waals surface area contributed by atoms with Crippen molar-refractivity contribution in [2.24, 2.45) is 11.8 Å². The van der Waals surface area contributed by atoms with Crippen LogP contribution in [-0.2, 0) is 14.8 Å². The van der Waals surface area contributed by atoms with E-state index in [-0.39, 0.29) is 0 Å². The Kier molecular flexibility index (Phi) is 3.48. The zero-order valence-corrected chi connectivity index (χ0v) is 12.0. The molecule has 7 nitrogen and oxygen atoms in total. The monoisotopic (exact) mass is 288 g/mol. The number of nitrogens with one attached hydrogen (secondary N) is 1. The molecule has 19 heavy (non-hydrogen) atoms. The highest BCUT2D eigenvalue weighted by molar-refractivity contribution is 7.91. The quantitative estimate of drug-likeness (QED) is 0.689. The summed E-state index contributed by atoms with van der Waals surface area (Å²) >= 11 is 0. The first-order chi connectivity index (χ1) is 8.74. The van der Waals surface area contributed by atoms with Gasteiger partial charge in [0.2, 0.25) is 15.3 Å². The van der Waals surface area contributed by atoms with Crippen LogP contribution in [0.2, 0.25) is 0 Å². The summed E-state index contributed by atoms with van der Waals surface area (Å²) in [5.74, 6) is 0.158. The molecule has 3 atom stereocenters. The molecule has 0 spiro atoms. The summed E-state index contributed by atoms with van der Waals surface area (Å²) in [5, 5.41) is -1.34. The number of sulfonamides is 1. The van der Waals surface area contributed by atoms with Crippen LogP contribution in [-0.4, -0.2) is 61.9 Å². The fourth-order valence-corrected chi connectivity index (χ4v) is 3.45. The minimum atomic E-state index is -3.79. The second-order valence-corrected chi connectivity index (χ2v) is 7.11. The van der Waals surface area contributed by atoms with E-state index in [1.165, 1.54) is 14.1 Å². The predicted molar refractivity (Wildman–Crippen MR) is 68.4 cm³/mol. The molecular weight excluding hydrogens is 270 g/mol. The number of imide groups is 1. The van der Waals surface area contributed by atoms with Crippen molar-refractivity contribution in [2.75, 3.05) is 20.6 Å². The van der Waals surface area contributed by atoms with Crippen LogP contribution in [0, 0.1) is 11.8 Å². The van der Waals surface area contributed by atoms with Crippen LogP contribution in [0.3, 0.4) is 0 Å². The van der Waals surface area contributed by atoms with E-state index in [4.69, 9.17) is 0 Å². The summed E-state index contributed by atoms with van der Waals surface area (Å²) < 4.78 is 27.8. The summed E-state index contributed by atoms with van der Waals surface area (Å²) in [4.78, 5) is 24.2. The molecule has 1 aliphatic carbocycles. The molecule has 2 rings (SSSR count). The molecule has 2 aliphatic rings. The summed E-state index contributed by atoms with van der Waals surface area (Å²) in [6, 6.07) is -0.535. The zero-order chi connectivity index (χ0) is 14.4. The number of carbonyl (C=O) groups is 2. The molecule has 1 fully saturated rings. The van der Waals surface area contributed by atoms with Crippen LogP contribution >= 0.6 is 0 Å². The van der Waals surface area contributed by atoms with Crippen LogP contribution in [0.1, 0.15) is 13.3 Å². The van der Waals surface area contributed by atoms with Gasteiger partial charge in [-0.2, -0.15) is 9.69 Å². The van der Waals surface area contributed by atoms with Crippen LogP contribution in [0.5, 0.6) is 0 Å². The van der Waals surface area contributed by atoms with Crippen molar-refractivity contribution in [2.45, 2.75) is 18.6 Å². The maximum atomic E-state index is 12.1. The van der Waals surface area contributed by atoms with Gasteiger partial charge in [0.05, 0.1) is 14.1 Å². The fourth-order valence-electron chi connectivity index (χ4n) is 2.06. The van der Waals surface area contributed by atoms with Crippen molar-refractivity contribution in [3.63, 3.8) is 0 Å². The van der Waals surface area contributed by atoms with Gasteiger partial charge in [0, 0.05) is 6.54 Å². The molecule has 0 saturated heterocycles. The first-order valence-electron chi connectivity index (χ1n) is 6.12. The lowest BCUT2D eigenvalue weighted by Crippen LogP contribution is -2.55.